The smallest absolute Gasteiger partial charge is 0.321 e. The lowest BCUT2D eigenvalue weighted by Gasteiger charge is -2.36. The Labute approximate surface area is 160 Å². The van der Waals surface area contributed by atoms with Gasteiger partial charge in [-0.3, -0.25) is 4.79 Å². The van der Waals surface area contributed by atoms with E-state index in [2.05, 4.69) is 46.7 Å². The van der Waals surface area contributed by atoms with Crippen LogP contribution in [0.25, 0.3) is 0 Å². The number of nitrogens with one attached hydrogen (secondary N) is 2. The standard InChI is InChI=1S/C21H26N4O2/c1-15-5-4-6-18(13-15)24-9-11-25(12-10-24)21(27)23-19-8-7-17(14-16(19)2)20(26)22-3/h4-8,13-14H,9-12H2,1-3H3,(H,22,26)(H,23,27). The molecule has 1 fully saturated rings. The third kappa shape index (κ3) is 4.39. The van der Waals surface area contributed by atoms with E-state index in [1.54, 1.807) is 25.2 Å². The predicted molar refractivity (Wildman–Crippen MR) is 109 cm³/mol. The lowest BCUT2D eigenvalue weighted by Crippen LogP contribution is -2.50. The number of hydrogen-bond acceptors (Lipinski definition) is 3. The highest BCUT2D eigenvalue weighted by Gasteiger charge is 2.22. The van der Waals surface area contributed by atoms with Crippen molar-refractivity contribution in [3.05, 3.63) is 59.2 Å². The van der Waals surface area contributed by atoms with Crippen molar-refractivity contribution < 1.29 is 9.59 Å². The van der Waals surface area contributed by atoms with Crippen molar-refractivity contribution in [2.75, 3.05) is 43.4 Å². The van der Waals surface area contributed by atoms with E-state index in [0.29, 0.717) is 18.7 Å². The molecule has 0 aromatic heterocycles. The SMILES string of the molecule is CNC(=O)c1ccc(NC(=O)N2CCN(c3cccc(C)c3)CC2)c(C)c1. The average Bonchev–Trinajstić information content (AvgIpc) is 2.69. The summed E-state index contributed by atoms with van der Waals surface area (Å²) in [5.41, 5.74) is 4.62. The zero-order valence-corrected chi connectivity index (χ0v) is 16.1. The molecule has 1 aliphatic rings. The Morgan fingerprint density at radius 3 is 2.33 bits per heavy atom. The fraction of sp³-hybridized carbons (Fsp3) is 0.333. The Morgan fingerprint density at radius 1 is 0.963 bits per heavy atom. The highest BCUT2D eigenvalue weighted by atomic mass is 16.2. The van der Waals surface area contributed by atoms with Gasteiger partial charge in [0, 0.05) is 50.2 Å². The van der Waals surface area contributed by atoms with Gasteiger partial charge in [0.25, 0.3) is 5.91 Å². The first-order valence-electron chi connectivity index (χ1n) is 9.18. The van der Waals surface area contributed by atoms with Gasteiger partial charge in [-0.15, -0.1) is 0 Å². The highest BCUT2D eigenvalue weighted by Crippen LogP contribution is 2.20. The monoisotopic (exact) mass is 366 g/mol. The maximum Gasteiger partial charge on any atom is 0.321 e. The molecule has 3 rings (SSSR count). The molecule has 6 heteroatoms. The first kappa shape index (κ1) is 18.8. The Hall–Kier alpha value is -3.02. The first-order chi connectivity index (χ1) is 13.0. The Balaban J connectivity index is 1.59. The molecule has 1 heterocycles. The van der Waals surface area contributed by atoms with Crippen LogP contribution in [0.5, 0.6) is 0 Å². The van der Waals surface area contributed by atoms with Gasteiger partial charge in [0.2, 0.25) is 0 Å². The molecule has 6 nitrogen and oxygen atoms in total. The quantitative estimate of drug-likeness (QED) is 0.878. The topological polar surface area (TPSA) is 64.7 Å². The summed E-state index contributed by atoms with van der Waals surface area (Å²) in [7, 11) is 1.60. The van der Waals surface area contributed by atoms with Crippen molar-refractivity contribution in [1.82, 2.24) is 10.2 Å². The molecule has 2 aromatic rings. The van der Waals surface area contributed by atoms with Crippen LogP contribution in [-0.2, 0) is 0 Å². The van der Waals surface area contributed by atoms with Gasteiger partial charge in [-0.05, 0) is 55.3 Å². The summed E-state index contributed by atoms with van der Waals surface area (Å²) in [5, 5.41) is 5.57. The summed E-state index contributed by atoms with van der Waals surface area (Å²) in [6.45, 7) is 6.95. The lowest BCUT2D eigenvalue weighted by atomic mass is 10.1. The third-order valence-electron chi connectivity index (χ3n) is 4.89. The number of urea groups is 1. The summed E-state index contributed by atoms with van der Waals surface area (Å²) >= 11 is 0. The number of carbonyl (C=O) groups is 2. The van der Waals surface area contributed by atoms with E-state index in [1.807, 2.05) is 11.8 Å². The molecule has 3 amide bonds. The Kier molecular flexibility index (Phi) is 5.64. The number of anilines is 2. The van der Waals surface area contributed by atoms with Crippen molar-refractivity contribution in [3.8, 4) is 0 Å². The fourth-order valence-corrected chi connectivity index (χ4v) is 3.28. The fourth-order valence-electron chi connectivity index (χ4n) is 3.28. The highest BCUT2D eigenvalue weighted by molar-refractivity contribution is 5.96. The molecule has 2 N–H and O–H groups in total. The number of nitrogens with zero attached hydrogens (tertiary/aromatic N) is 2. The summed E-state index contributed by atoms with van der Waals surface area (Å²) in [6, 6.07) is 13.6. The zero-order valence-electron chi connectivity index (χ0n) is 16.1. The van der Waals surface area contributed by atoms with E-state index in [-0.39, 0.29) is 11.9 Å². The summed E-state index contributed by atoms with van der Waals surface area (Å²) in [5.74, 6) is -0.136. The predicted octanol–water partition coefficient (Wildman–Crippen LogP) is 3.02. The maximum absolute atomic E-state index is 12.6. The minimum absolute atomic E-state index is 0.102. The summed E-state index contributed by atoms with van der Waals surface area (Å²) < 4.78 is 0. The number of aryl methyl sites for hydroxylation is 2. The second-order valence-corrected chi connectivity index (χ2v) is 6.85. The van der Waals surface area contributed by atoms with Crippen LogP contribution in [0.3, 0.4) is 0 Å². The van der Waals surface area contributed by atoms with E-state index in [4.69, 9.17) is 0 Å². The molecule has 1 aliphatic heterocycles. The third-order valence-corrected chi connectivity index (χ3v) is 4.89. The lowest BCUT2D eigenvalue weighted by molar-refractivity contribution is 0.0963. The molecule has 142 valence electrons. The van der Waals surface area contributed by atoms with Crippen molar-refractivity contribution in [3.63, 3.8) is 0 Å². The van der Waals surface area contributed by atoms with Crippen molar-refractivity contribution in [1.29, 1.82) is 0 Å². The van der Waals surface area contributed by atoms with Crippen molar-refractivity contribution in [2.24, 2.45) is 0 Å². The van der Waals surface area contributed by atoms with Crippen LogP contribution in [0.4, 0.5) is 16.2 Å². The van der Waals surface area contributed by atoms with Crippen LogP contribution in [0.1, 0.15) is 21.5 Å². The van der Waals surface area contributed by atoms with Crippen LogP contribution in [0.15, 0.2) is 42.5 Å². The molecule has 2 aromatic carbocycles. The first-order valence-corrected chi connectivity index (χ1v) is 9.18. The van der Waals surface area contributed by atoms with Crippen molar-refractivity contribution >= 4 is 23.3 Å². The zero-order chi connectivity index (χ0) is 19.4. The van der Waals surface area contributed by atoms with Gasteiger partial charge in [-0.25, -0.2) is 4.79 Å². The number of carbonyl (C=O) groups excluding carboxylic acids is 2. The van der Waals surface area contributed by atoms with E-state index in [9.17, 15) is 9.59 Å². The molecule has 27 heavy (non-hydrogen) atoms. The number of hydrogen-bond donors (Lipinski definition) is 2. The van der Waals surface area contributed by atoms with Gasteiger partial charge in [-0.2, -0.15) is 0 Å². The molecular formula is C21H26N4O2. The summed E-state index contributed by atoms with van der Waals surface area (Å²) in [6.07, 6.45) is 0. The number of rotatable bonds is 3. The van der Waals surface area contributed by atoms with Crippen LogP contribution in [0.2, 0.25) is 0 Å². The van der Waals surface area contributed by atoms with Crippen LogP contribution < -0.4 is 15.5 Å². The molecule has 1 saturated heterocycles. The molecule has 0 radical (unpaired) electrons. The second kappa shape index (κ2) is 8.12. The van der Waals surface area contributed by atoms with E-state index in [0.717, 1.165) is 24.3 Å². The second-order valence-electron chi connectivity index (χ2n) is 6.85. The van der Waals surface area contributed by atoms with Crippen LogP contribution in [0, 0.1) is 13.8 Å². The van der Waals surface area contributed by atoms with Gasteiger partial charge in [-0.1, -0.05) is 12.1 Å². The minimum atomic E-state index is -0.136. The van der Waals surface area contributed by atoms with E-state index < -0.39 is 0 Å². The van der Waals surface area contributed by atoms with Gasteiger partial charge >= 0.3 is 6.03 Å². The molecule has 0 atom stereocenters. The van der Waals surface area contributed by atoms with Gasteiger partial charge < -0.3 is 20.4 Å². The maximum atomic E-state index is 12.6. The van der Waals surface area contributed by atoms with Crippen LogP contribution >= 0.6 is 0 Å². The van der Waals surface area contributed by atoms with Gasteiger partial charge in [0.05, 0.1) is 0 Å². The molecule has 0 unspecified atom stereocenters. The average molecular weight is 366 g/mol. The van der Waals surface area contributed by atoms with Gasteiger partial charge in [0.1, 0.15) is 0 Å². The largest absolute Gasteiger partial charge is 0.368 e. The van der Waals surface area contributed by atoms with E-state index in [1.165, 1.54) is 11.3 Å². The molecule has 0 saturated carbocycles. The van der Waals surface area contributed by atoms with Gasteiger partial charge in [0.15, 0.2) is 0 Å². The molecular weight excluding hydrogens is 340 g/mol. The minimum Gasteiger partial charge on any atom is -0.368 e. The number of benzene rings is 2. The Morgan fingerprint density at radius 2 is 1.70 bits per heavy atom. The summed E-state index contributed by atoms with van der Waals surface area (Å²) in [4.78, 5) is 28.5. The number of amides is 3. The molecule has 0 spiro atoms. The number of piperazine rings is 1. The normalized spacial score (nSPS) is 14.0. The van der Waals surface area contributed by atoms with E-state index >= 15 is 0 Å². The molecule has 0 bridgehead atoms. The van der Waals surface area contributed by atoms with Crippen molar-refractivity contribution in [2.45, 2.75) is 13.8 Å². The Bertz CT molecular complexity index is 842. The molecule has 0 aliphatic carbocycles. The van der Waals surface area contributed by atoms with Crippen LogP contribution in [-0.4, -0.2) is 50.1 Å².